The van der Waals surface area contributed by atoms with Gasteiger partial charge in [-0.2, -0.15) is 5.10 Å². The molecule has 102 valence electrons. The van der Waals surface area contributed by atoms with Crippen molar-refractivity contribution in [1.29, 1.82) is 0 Å². The number of ether oxygens (including phenoxy) is 1. The Bertz CT molecular complexity index is 345. The number of rotatable bonds is 7. The lowest BCUT2D eigenvalue weighted by Gasteiger charge is -2.20. The van der Waals surface area contributed by atoms with Gasteiger partial charge in [0.05, 0.1) is 0 Å². The highest BCUT2D eigenvalue weighted by atomic mass is 16.5. The molecule has 2 rings (SSSR count). The van der Waals surface area contributed by atoms with Crippen LogP contribution in [0.15, 0.2) is 12.3 Å². The van der Waals surface area contributed by atoms with Crippen LogP contribution in [0.4, 0.5) is 0 Å². The molecule has 1 aromatic rings. The highest BCUT2D eigenvalue weighted by molar-refractivity contribution is 5.00. The lowest BCUT2D eigenvalue weighted by atomic mass is 9.95. The van der Waals surface area contributed by atoms with E-state index < -0.39 is 0 Å². The minimum Gasteiger partial charge on any atom is -0.381 e. The molecule has 2 unspecified atom stereocenters. The SMILES string of the molecule is CCNC(CCc1ccnn1C)CC1CCOC1. The number of nitrogens with one attached hydrogen (secondary N) is 1. The van der Waals surface area contributed by atoms with Crippen molar-refractivity contribution in [3.05, 3.63) is 18.0 Å². The molecule has 1 fully saturated rings. The fraction of sp³-hybridized carbons (Fsp3) is 0.786. The Morgan fingerprint density at radius 1 is 1.61 bits per heavy atom. The van der Waals surface area contributed by atoms with E-state index in [-0.39, 0.29) is 0 Å². The van der Waals surface area contributed by atoms with E-state index >= 15 is 0 Å². The van der Waals surface area contributed by atoms with E-state index in [1.54, 1.807) is 0 Å². The largest absolute Gasteiger partial charge is 0.381 e. The summed E-state index contributed by atoms with van der Waals surface area (Å²) < 4.78 is 7.44. The number of aryl methyl sites for hydroxylation is 2. The van der Waals surface area contributed by atoms with Crippen molar-refractivity contribution < 1.29 is 4.74 Å². The van der Waals surface area contributed by atoms with Crippen LogP contribution in [-0.2, 0) is 18.2 Å². The zero-order valence-corrected chi connectivity index (χ0v) is 11.6. The normalized spacial score (nSPS) is 21.3. The van der Waals surface area contributed by atoms with E-state index in [4.69, 9.17) is 4.74 Å². The first-order valence-corrected chi connectivity index (χ1v) is 7.07. The number of hydrogen-bond donors (Lipinski definition) is 1. The van der Waals surface area contributed by atoms with Gasteiger partial charge < -0.3 is 10.1 Å². The van der Waals surface area contributed by atoms with Gasteiger partial charge in [0, 0.05) is 38.2 Å². The van der Waals surface area contributed by atoms with Gasteiger partial charge in [-0.15, -0.1) is 0 Å². The molecule has 2 atom stereocenters. The van der Waals surface area contributed by atoms with Crippen molar-refractivity contribution in [2.24, 2.45) is 13.0 Å². The Kier molecular flexibility index (Phi) is 5.20. The standard InChI is InChI=1S/C14H25N3O/c1-3-15-13(10-12-7-9-18-11-12)4-5-14-6-8-16-17(14)2/h6,8,12-13,15H,3-5,7,9-11H2,1-2H3. The summed E-state index contributed by atoms with van der Waals surface area (Å²) in [5.41, 5.74) is 1.32. The molecule has 0 aromatic carbocycles. The molecule has 0 aliphatic carbocycles. The molecule has 1 aromatic heterocycles. The molecule has 0 spiro atoms. The minimum atomic E-state index is 0.608. The summed E-state index contributed by atoms with van der Waals surface area (Å²) in [4.78, 5) is 0. The van der Waals surface area contributed by atoms with Gasteiger partial charge in [-0.25, -0.2) is 0 Å². The smallest absolute Gasteiger partial charge is 0.0495 e. The van der Waals surface area contributed by atoms with E-state index in [0.29, 0.717) is 6.04 Å². The average molecular weight is 251 g/mol. The summed E-state index contributed by atoms with van der Waals surface area (Å²) in [6, 6.07) is 2.72. The third kappa shape index (κ3) is 3.82. The van der Waals surface area contributed by atoms with E-state index in [2.05, 4.69) is 23.4 Å². The number of aromatic nitrogens is 2. The van der Waals surface area contributed by atoms with E-state index in [0.717, 1.165) is 32.1 Å². The second kappa shape index (κ2) is 6.90. The van der Waals surface area contributed by atoms with Gasteiger partial charge in [-0.05, 0) is 44.2 Å². The van der Waals surface area contributed by atoms with Gasteiger partial charge in [0.1, 0.15) is 0 Å². The highest BCUT2D eigenvalue weighted by Crippen LogP contribution is 2.20. The van der Waals surface area contributed by atoms with Crippen LogP contribution in [0.25, 0.3) is 0 Å². The second-order valence-corrected chi connectivity index (χ2v) is 5.20. The molecule has 4 heteroatoms. The first-order valence-electron chi connectivity index (χ1n) is 7.07. The molecule has 1 saturated heterocycles. The average Bonchev–Trinajstić information content (AvgIpc) is 2.98. The molecule has 18 heavy (non-hydrogen) atoms. The van der Waals surface area contributed by atoms with Gasteiger partial charge in [-0.1, -0.05) is 6.92 Å². The predicted octanol–water partition coefficient (Wildman–Crippen LogP) is 1.76. The third-order valence-electron chi connectivity index (χ3n) is 3.81. The van der Waals surface area contributed by atoms with Gasteiger partial charge in [0.2, 0.25) is 0 Å². The topological polar surface area (TPSA) is 39.1 Å². The molecule has 1 aliphatic rings. The fourth-order valence-electron chi connectivity index (χ4n) is 2.73. The van der Waals surface area contributed by atoms with Gasteiger partial charge in [0.15, 0.2) is 0 Å². The van der Waals surface area contributed by atoms with Crippen molar-refractivity contribution in [1.82, 2.24) is 15.1 Å². The lowest BCUT2D eigenvalue weighted by Crippen LogP contribution is -2.32. The van der Waals surface area contributed by atoms with Crippen molar-refractivity contribution in [3.63, 3.8) is 0 Å². The zero-order valence-electron chi connectivity index (χ0n) is 11.6. The van der Waals surface area contributed by atoms with Gasteiger partial charge >= 0.3 is 0 Å². The van der Waals surface area contributed by atoms with Crippen molar-refractivity contribution in [2.75, 3.05) is 19.8 Å². The van der Waals surface area contributed by atoms with Crippen LogP contribution in [0.1, 0.15) is 31.9 Å². The van der Waals surface area contributed by atoms with E-state index in [9.17, 15) is 0 Å². The molecule has 1 N–H and O–H groups in total. The summed E-state index contributed by atoms with van der Waals surface area (Å²) in [6.07, 6.45) is 6.63. The summed E-state index contributed by atoms with van der Waals surface area (Å²) in [6.45, 7) is 5.13. The number of nitrogens with zero attached hydrogens (tertiary/aromatic N) is 2. The Morgan fingerprint density at radius 2 is 2.50 bits per heavy atom. The van der Waals surface area contributed by atoms with Crippen molar-refractivity contribution >= 4 is 0 Å². The van der Waals surface area contributed by atoms with Crippen LogP contribution in [0.2, 0.25) is 0 Å². The Balaban J connectivity index is 1.79. The first kappa shape index (κ1) is 13.6. The van der Waals surface area contributed by atoms with Gasteiger partial charge in [0.25, 0.3) is 0 Å². The summed E-state index contributed by atoms with van der Waals surface area (Å²) in [5.74, 6) is 0.751. The van der Waals surface area contributed by atoms with E-state index in [1.807, 2.05) is 17.9 Å². The second-order valence-electron chi connectivity index (χ2n) is 5.20. The molecule has 2 heterocycles. The Hall–Kier alpha value is -0.870. The Labute approximate surface area is 110 Å². The monoisotopic (exact) mass is 251 g/mol. The van der Waals surface area contributed by atoms with Crippen LogP contribution in [-0.4, -0.2) is 35.6 Å². The molecule has 0 amide bonds. The lowest BCUT2D eigenvalue weighted by molar-refractivity contribution is 0.181. The van der Waals surface area contributed by atoms with Crippen LogP contribution in [0.5, 0.6) is 0 Å². The van der Waals surface area contributed by atoms with Crippen LogP contribution in [0, 0.1) is 5.92 Å². The molecule has 0 bridgehead atoms. The molecule has 0 radical (unpaired) electrons. The minimum absolute atomic E-state index is 0.608. The summed E-state index contributed by atoms with van der Waals surface area (Å²) >= 11 is 0. The zero-order chi connectivity index (χ0) is 12.8. The van der Waals surface area contributed by atoms with Crippen molar-refractivity contribution in [3.8, 4) is 0 Å². The first-order chi connectivity index (χ1) is 8.79. The van der Waals surface area contributed by atoms with Crippen LogP contribution >= 0.6 is 0 Å². The van der Waals surface area contributed by atoms with Crippen molar-refractivity contribution in [2.45, 2.75) is 38.6 Å². The molecule has 0 saturated carbocycles. The highest BCUT2D eigenvalue weighted by Gasteiger charge is 2.20. The third-order valence-corrected chi connectivity index (χ3v) is 3.81. The molecule has 4 nitrogen and oxygen atoms in total. The summed E-state index contributed by atoms with van der Waals surface area (Å²) in [7, 11) is 2.02. The Morgan fingerprint density at radius 3 is 3.11 bits per heavy atom. The molecular formula is C14H25N3O. The molecule has 1 aliphatic heterocycles. The predicted molar refractivity (Wildman–Crippen MR) is 72.5 cm³/mol. The molecular weight excluding hydrogens is 226 g/mol. The summed E-state index contributed by atoms with van der Waals surface area (Å²) in [5, 5.41) is 7.83. The fourth-order valence-corrected chi connectivity index (χ4v) is 2.73. The maximum Gasteiger partial charge on any atom is 0.0495 e. The maximum absolute atomic E-state index is 5.46. The van der Waals surface area contributed by atoms with Crippen LogP contribution < -0.4 is 5.32 Å². The maximum atomic E-state index is 5.46. The van der Waals surface area contributed by atoms with E-state index in [1.165, 1.54) is 25.0 Å². The van der Waals surface area contributed by atoms with Crippen LogP contribution in [0.3, 0.4) is 0 Å². The van der Waals surface area contributed by atoms with Gasteiger partial charge in [-0.3, -0.25) is 4.68 Å². The number of hydrogen-bond acceptors (Lipinski definition) is 3. The quantitative estimate of drug-likeness (QED) is 0.802.